The van der Waals surface area contributed by atoms with Crippen LogP contribution in [0.5, 0.6) is 0 Å². The Labute approximate surface area is 403 Å². The van der Waals surface area contributed by atoms with Crippen LogP contribution in [-0.2, 0) is 47.9 Å². The largest absolute Gasteiger partial charge is 0.343 e. The van der Waals surface area contributed by atoms with E-state index in [2.05, 4.69) is 21.3 Å². The number of hydrogen-bond donors (Lipinski definition) is 4. The Hall–Kier alpha value is -5.30. The van der Waals surface area contributed by atoms with E-state index >= 15 is 0 Å². The molecule has 68 heavy (non-hydrogen) atoms. The molecule has 0 aromatic rings. The van der Waals surface area contributed by atoms with Gasteiger partial charge in [-0.1, -0.05) is 55.4 Å². The monoisotopic (exact) mass is 959 g/mol. The molecule has 0 aromatic heterocycles. The molecule has 20 heteroatoms. The first kappa shape index (κ1) is 57.0. The number of hydrogen-bond acceptors (Lipinski definition) is 10. The van der Waals surface area contributed by atoms with E-state index in [1.54, 1.807) is 0 Å². The zero-order valence-electron chi connectivity index (χ0n) is 43.2. The van der Waals surface area contributed by atoms with Crippen molar-refractivity contribution in [3.8, 4) is 0 Å². The predicted octanol–water partition coefficient (Wildman–Crippen LogP) is 0.716. The first-order valence-corrected chi connectivity index (χ1v) is 24.5. The summed E-state index contributed by atoms with van der Waals surface area (Å²) in [7, 11) is 5.76. The van der Waals surface area contributed by atoms with Crippen molar-refractivity contribution in [2.75, 3.05) is 54.4 Å². The molecule has 3 aliphatic rings. The molecule has 0 bridgehead atoms. The van der Waals surface area contributed by atoms with Crippen molar-refractivity contribution in [2.24, 2.45) is 23.7 Å². The molecule has 8 atom stereocenters. The second-order valence-electron chi connectivity index (χ2n) is 20.9. The van der Waals surface area contributed by atoms with E-state index in [1.807, 2.05) is 55.4 Å². The van der Waals surface area contributed by atoms with Gasteiger partial charge in [-0.3, -0.25) is 47.9 Å². The topological polar surface area (TPSA) is 238 Å². The van der Waals surface area contributed by atoms with Crippen LogP contribution in [0.2, 0.25) is 0 Å². The number of nitrogens with zero attached hydrogens (tertiary/aromatic N) is 6. The minimum absolute atomic E-state index is 0.0629. The van der Waals surface area contributed by atoms with E-state index in [0.717, 1.165) is 0 Å². The zero-order valence-corrected chi connectivity index (χ0v) is 43.2. The third kappa shape index (κ3) is 15.4. The molecule has 0 aromatic carbocycles. The van der Waals surface area contributed by atoms with Gasteiger partial charge in [0, 0.05) is 41.3 Å². The van der Waals surface area contributed by atoms with Gasteiger partial charge in [0.1, 0.15) is 48.3 Å². The van der Waals surface area contributed by atoms with Gasteiger partial charge in [-0.25, -0.2) is 0 Å². The summed E-state index contributed by atoms with van der Waals surface area (Å²) >= 11 is 0. The molecule has 3 aliphatic heterocycles. The summed E-state index contributed by atoms with van der Waals surface area (Å²) in [5.74, 6) is -5.80. The highest BCUT2D eigenvalue weighted by atomic mass is 16.2. The maximum atomic E-state index is 14.2. The number of carbonyl (C=O) groups excluding carboxylic acids is 10. The fourth-order valence-electron chi connectivity index (χ4n) is 9.07. The Bertz CT molecular complexity index is 1730. The predicted molar refractivity (Wildman–Crippen MR) is 255 cm³/mol. The number of fused-ring (bicyclic) bond motifs is 2. The molecule has 0 saturated carbocycles. The van der Waals surface area contributed by atoms with Crippen molar-refractivity contribution in [3.63, 3.8) is 0 Å². The van der Waals surface area contributed by atoms with Crippen LogP contribution in [0.15, 0.2) is 0 Å². The average molecular weight is 959 g/mol. The lowest BCUT2D eigenvalue weighted by Gasteiger charge is -2.34. The summed E-state index contributed by atoms with van der Waals surface area (Å²) in [6, 6.07) is -8.33. The highest BCUT2D eigenvalue weighted by Crippen LogP contribution is 2.22. The highest BCUT2D eigenvalue weighted by Gasteiger charge is 2.41. The zero-order chi connectivity index (χ0) is 51.5. The molecular formula is C48H82N10O10. The van der Waals surface area contributed by atoms with Crippen LogP contribution in [0, 0.1) is 23.7 Å². The fraction of sp³-hybridized carbons (Fsp3) is 0.792. The number of amides is 10. The number of likely N-dealkylation sites (N-methyl/N-ethyl adjacent to an activating group) is 4. The van der Waals surface area contributed by atoms with Crippen LogP contribution in [0.3, 0.4) is 0 Å². The first-order valence-electron chi connectivity index (χ1n) is 24.5. The third-order valence-electron chi connectivity index (χ3n) is 13.2. The van der Waals surface area contributed by atoms with E-state index in [1.165, 1.54) is 71.4 Å². The molecule has 0 spiro atoms. The van der Waals surface area contributed by atoms with E-state index in [0.29, 0.717) is 25.7 Å². The van der Waals surface area contributed by atoms with E-state index in [4.69, 9.17) is 0 Å². The van der Waals surface area contributed by atoms with Crippen LogP contribution >= 0.6 is 0 Å². The SMILES string of the molecule is CC(C)C[C@@H]1NC(=O)[C@H](C)N(C)C(=O)[C@H](CC(C)C)NC(=O)[C@@H]2CCCN2C(=O)CN(C)C(=O)[C@H](CC(C)C)NC(=O)[C@H](C)N(C)C(=O)[C@H](CC(C)C)NC(=O)[C@@H]2CCCN2C(=O)CN(C)C1=O. The van der Waals surface area contributed by atoms with Gasteiger partial charge < -0.3 is 50.7 Å². The van der Waals surface area contributed by atoms with E-state index in [9.17, 15) is 47.9 Å². The molecule has 3 heterocycles. The van der Waals surface area contributed by atoms with Gasteiger partial charge in [0.2, 0.25) is 59.1 Å². The second-order valence-corrected chi connectivity index (χ2v) is 20.9. The molecular weight excluding hydrogens is 877 g/mol. The van der Waals surface area contributed by atoms with Crippen molar-refractivity contribution in [2.45, 2.75) is 169 Å². The molecule has 10 amide bonds. The Morgan fingerprint density at radius 2 is 0.691 bits per heavy atom. The van der Waals surface area contributed by atoms with Gasteiger partial charge in [-0.2, -0.15) is 0 Å². The Morgan fingerprint density at radius 3 is 0.971 bits per heavy atom. The molecule has 0 aliphatic carbocycles. The van der Waals surface area contributed by atoms with Crippen molar-refractivity contribution in [1.29, 1.82) is 0 Å². The van der Waals surface area contributed by atoms with Gasteiger partial charge in [0.05, 0.1) is 13.1 Å². The lowest BCUT2D eigenvalue weighted by atomic mass is 10.0. The van der Waals surface area contributed by atoms with Crippen LogP contribution in [-0.4, -0.2) is 191 Å². The minimum atomic E-state index is -1.09. The van der Waals surface area contributed by atoms with Crippen LogP contribution in [0.1, 0.15) is 121 Å². The summed E-state index contributed by atoms with van der Waals surface area (Å²) in [5, 5.41) is 11.3. The van der Waals surface area contributed by atoms with Crippen molar-refractivity contribution < 1.29 is 47.9 Å². The molecule has 3 fully saturated rings. The number of carbonyl (C=O) groups is 10. The average Bonchev–Trinajstić information content (AvgIpc) is 3.96. The van der Waals surface area contributed by atoms with E-state index in [-0.39, 0.29) is 62.4 Å². The molecule has 3 saturated heterocycles. The van der Waals surface area contributed by atoms with Gasteiger partial charge in [-0.15, -0.1) is 0 Å². The summed E-state index contributed by atoms with van der Waals surface area (Å²) in [5.41, 5.74) is 0. The van der Waals surface area contributed by atoms with Crippen molar-refractivity contribution >= 4 is 59.1 Å². The lowest BCUT2D eigenvalue weighted by molar-refractivity contribution is -0.147. The van der Waals surface area contributed by atoms with Gasteiger partial charge in [-0.05, 0) is 88.9 Å². The minimum Gasteiger partial charge on any atom is -0.343 e. The Morgan fingerprint density at radius 1 is 0.426 bits per heavy atom. The third-order valence-corrected chi connectivity index (χ3v) is 13.2. The van der Waals surface area contributed by atoms with Crippen molar-refractivity contribution in [3.05, 3.63) is 0 Å². The molecule has 20 nitrogen and oxygen atoms in total. The van der Waals surface area contributed by atoms with Crippen LogP contribution in [0.4, 0.5) is 0 Å². The number of nitrogens with one attached hydrogen (secondary N) is 4. The van der Waals surface area contributed by atoms with Crippen LogP contribution < -0.4 is 21.3 Å². The molecule has 0 radical (unpaired) electrons. The quantitative estimate of drug-likeness (QED) is 0.266. The first-order chi connectivity index (χ1) is 31.7. The van der Waals surface area contributed by atoms with Crippen molar-refractivity contribution in [1.82, 2.24) is 50.7 Å². The summed E-state index contributed by atoms with van der Waals surface area (Å²) < 4.78 is 0. The maximum Gasteiger partial charge on any atom is 0.245 e. The highest BCUT2D eigenvalue weighted by molar-refractivity contribution is 5.98. The number of rotatable bonds is 8. The smallest absolute Gasteiger partial charge is 0.245 e. The molecule has 3 rings (SSSR count). The van der Waals surface area contributed by atoms with Crippen LogP contribution in [0.25, 0.3) is 0 Å². The standard InChI is InChI=1S/C48H82N10O10/c1-27(2)21-33-45(65)53(11)25-39(59)57-19-15-17-37(57)43(63)52-36(24-30(7)8)48(68)56(14)32(10)42(62)50-34(22-28(3)4)46(66)54(12)26-40(60)58-20-16-18-38(58)44(64)51-35(23-29(5)6)47(67)55(13)31(9)41(61)49-33/h27-38H,15-26H2,1-14H3,(H,49,61)(H,50,62)(H,51,64)(H,52,63)/t31-,32-,33-,34-,35-,36-,37-,38-/m0/s1. The van der Waals surface area contributed by atoms with Gasteiger partial charge in [0.15, 0.2) is 0 Å². The second kappa shape index (κ2) is 25.3. The Kier molecular flexibility index (Phi) is 21.3. The molecule has 0 unspecified atom stereocenters. The lowest BCUT2D eigenvalue weighted by Crippen LogP contribution is -2.59. The van der Waals surface area contributed by atoms with Gasteiger partial charge >= 0.3 is 0 Å². The summed E-state index contributed by atoms with van der Waals surface area (Å²) in [4.78, 5) is 148. The van der Waals surface area contributed by atoms with Gasteiger partial charge in [0.25, 0.3) is 0 Å². The molecule has 4 N–H and O–H groups in total. The summed E-state index contributed by atoms with van der Waals surface area (Å²) in [6.45, 7) is 17.7. The maximum absolute atomic E-state index is 14.2. The Balaban J connectivity index is 2.06. The normalized spacial score (nSPS) is 28.1. The summed E-state index contributed by atoms with van der Waals surface area (Å²) in [6.07, 6.45) is 2.49. The fourth-order valence-corrected chi connectivity index (χ4v) is 9.07. The van der Waals surface area contributed by atoms with E-state index < -0.39 is 120 Å². The molecule has 384 valence electrons.